The molecule has 5 rings (SSSR count). The van der Waals surface area contributed by atoms with E-state index in [-0.39, 0.29) is 40.3 Å². The van der Waals surface area contributed by atoms with Crippen molar-refractivity contribution in [3.8, 4) is 11.5 Å². The van der Waals surface area contributed by atoms with Gasteiger partial charge < -0.3 is 19.7 Å². The Morgan fingerprint density at radius 2 is 1.83 bits per heavy atom. The first kappa shape index (κ1) is 24.9. The van der Waals surface area contributed by atoms with Gasteiger partial charge in [-0.15, -0.1) is 0 Å². The molecule has 1 N–H and O–H groups in total. The smallest absolute Gasteiger partial charge is 0.276 e. The molecular weight excluding hydrogens is 521 g/mol. The number of benzene rings is 2. The number of amides is 2. The maximum absolute atomic E-state index is 13.9. The van der Waals surface area contributed by atoms with Gasteiger partial charge in [-0.1, -0.05) is 71.9 Å². The van der Waals surface area contributed by atoms with Gasteiger partial charge >= 0.3 is 0 Å². The molecule has 1 aromatic heterocycles. The van der Waals surface area contributed by atoms with Crippen molar-refractivity contribution in [1.82, 2.24) is 14.6 Å². The molecule has 1 atom stereocenters. The molecule has 3 aromatic rings. The summed E-state index contributed by atoms with van der Waals surface area (Å²) in [5.74, 6) is 0.516. The quantitative estimate of drug-likeness (QED) is 0.398. The number of hydrogen-bond donors (Lipinski definition) is 1. The Bertz CT molecular complexity index is 1270. The molecule has 0 bridgehead atoms. The van der Waals surface area contributed by atoms with Gasteiger partial charge in [0.15, 0.2) is 17.2 Å². The molecule has 2 heterocycles. The highest BCUT2D eigenvalue weighted by atomic mass is 35.5. The number of ether oxygens (including phenoxy) is 2. The van der Waals surface area contributed by atoms with Crippen LogP contribution in [-0.2, 0) is 11.3 Å². The number of aryl methyl sites for hydroxylation is 1. The third-order valence-electron chi connectivity index (χ3n) is 6.51. The molecule has 2 amide bonds. The van der Waals surface area contributed by atoms with Crippen LogP contribution in [0.5, 0.6) is 11.5 Å². The second kappa shape index (κ2) is 10.7. The summed E-state index contributed by atoms with van der Waals surface area (Å²) in [5, 5.41) is 3.26. The van der Waals surface area contributed by atoms with Crippen molar-refractivity contribution in [1.29, 1.82) is 0 Å². The topological polar surface area (TPSA) is 80.8 Å². The molecule has 1 saturated carbocycles. The molecule has 7 nitrogen and oxygen atoms in total. The monoisotopic (exact) mass is 545 g/mol. The second-order valence-electron chi connectivity index (χ2n) is 9.04. The summed E-state index contributed by atoms with van der Waals surface area (Å²) in [7, 11) is 0. The first-order chi connectivity index (χ1) is 17.4. The van der Waals surface area contributed by atoms with Crippen LogP contribution in [0.25, 0.3) is 0 Å². The zero-order valence-electron chi connectivity index (χ0n) is 19.6. The number of hydrogen-bond acceptors (Lipinski definition) is 6. The standard InChI is InChI=1S/C26H25Cl2N3O4S/c1-15-6-9-17(10-7-15)23(25(32)29-18-4-2-3-5-18)31(26(33)22-21(27)24(28)36-30-22)13-16-8-11-19-20(12-16)35-14-34-19/h6-12,18,23H,2-5,13-14H2,1H3,(H,29,32)/t23-/m1/s1. The minimum atomic E-state index is -0.902. The highest BCUT2D eigenvalue weighted by Crippen LogP contribution is 2.36. The van der Waals surface area contributed by atoms with E-state index in [2.05, 4.69) is 9.69 Å². The van der Waals surface area contributed by atoms with Gasteiger partial charge in [0, 0.05) is 12.6 Å². The zero-order chi connectivity index (χ0) is 25.2. The van der Waals surface area contributed by atoms with Crippen molar-refractivity contribution in [3.05, 3.63) is 74.2 Å². The number of rotatable bonds is 7. The van der Waals surface area contributed by atoms with Crippen LogP contribution in [0.4, 0.5) is 0 Å². The molecule has 188 valence electrons. The molecule has 0 radical (unpaired) electrons. The normalized spacial score (nSPS) is 15.6. The van der Waals surface area contributed by atoms with Gasteiger partial charge in [0.1, 0.15) is 15.4 Å². The van der Waals surface area contributed by atoms with E-state index >= 15 is 0 Å². The van der Waals surface area contributed by atoms with Gasteiger partial charge in [-0.3, -0.25) is 9.59 Å². The molecule has 0 unspecified atom stereocenters. The predicted octanol–water partition coefficient (Wildman–Crippen LogP) is 5.93. The fourth-order valence-electron chi connectivity index (χ4n) is 4.62. The minimum Gasteiger partial charge on any atom is -0.454 e. The third-order valence-corrected chi connectivity index (χ3v) is 8.12. The molecule has 36 heavy (non-hydrogen) atoms. The van der Waals surface area contributed by atoms with Crippen LogP contribution in [0.15, 0.2) is 42.5 Å². The summed E-state index contributed by atoms with van der Waals surface area (Å²) < 4.78 is 15.4. The zero-order valence-corrected chi connectivity index (χ0v) is 22.0. The van der Waals surface area contributed by atoms with Crippen LogP contribution in [0.3, 0.4) is 0 Å². The predicted molar refractivity (Wildman–Crippen MR) is 139 cm³/mol. The maximum Gasteiger partial charge on any atom is 0.276 e. The lowest BCUT2D eigenvalue weighted by Gasteiger charge is -2.32. The van der Waals surface area contributed by atoms with Crippen LogP contribution in [0.1, 0.15) is 58.9 Å². The van der Waals surface area contributed by atoms with Crippen molar-refractivity contribution < 1.29 is 19.1 Å². The lowest BCUT2D eigenvalue weighted by molar-refractivity contribution is -0.126. The van der Waals surface area contributed by atoms with Crippen LogP contribution < -0.4 is 14.8 Å². The van der Waals surface area contributed by atoms with Crippen molar-refractivity contribution in [2.75, 3.05) is 6.79 Å². The van der Waals surface area contributed by atoms with Crippen LogP contribution in [0, 0.1) is 6.92 Å². The van der Waals surface area contributed by atoms with E-state index in [0.29, 0.717) is 17.1 Å². The number of carbonyl (C=O) groups is 2. The van der Waals surface area contributed by atoms with E-state index in [9.17, 15) is 9.59 Å². The van der Waals surface area contributed by atoms with E-state index in [4.69, 9.17) is 32.7 Å². The van der Waals surface area contributed by atoms with Gasteiger partial charge in [-0.2, -0.15) is 4.37 Å². The maximum atomic E-state index is 13.9. The number of nitrogens with one attached hydrogen (secondary N) is 1. The van der Waals surface area contributed by atoms with Crippen molar-refractivity contribution in [3.63, 3.8) is 0 Å². The first-order valence-corrected chi connectivity index (χ1v) is 13.3. The van der Waals surface area contributed by atoms with Crippen LogP contribution in [-0.4, -0.2) is 33.9 Å². The second-order valence-corrected chi connectivity index (χ2v) is 10.8. The van der Waals surface area contributed by atoms with E-state index in [1.165, 1.54) is 4.90 Å². The Hall–Kier alpha value is -2.81. The third kappa shape index (κ3) is 5.16. The van der Waals surface area contributed by atoms with Crippen molar-refractivity contribution in [2.24, 2.45) is 0 Å². The van der Waals surface area contributed by atoms with Gasteiger partial charge in [0.2, 0.25) is 12.7 Å². The SMILES string of the molecule is Cc1ccc([C@H](C(=O)NC2CCCC2)N(Cc2ccc3c(c2)OCO3)C(=O)c2nsc(Cl)c2Cl)cc1. The number of fused-ring (bicyclic) bond motifs is 1. The molecule has 1 aliphatic heterocycles. The summed E-state index contributed by atoms with van der Waals surface area (Å²) in [6, 6.07) is 12.3. The van der Waals surface area contributed by atoms with E-state index < -0.39 is 11.9 Å². The Kier molecular flexibility index (Phi) is 7.37. The Morgan fingerprint density at radius 3 is 2.53 bits per heavy atom. The Balaban J connectivity index is 1.56. The fourth-order valence-corrected chi connectivity index (χ4v) is 5.60. The summed E-state index contributed by atoms with van der Waals surface area (Å²) in [6.45, 7) is 2.24. The highest BCUT2D eigenvalue weighted by molar-refractivity contribution is 7.11. The molecule has 0 spiro atoms. The number of nitrogens with zero attached hydrogens (tertiary/aromatic N) is 2. The fraction of sp³-hybridized carbons (Fsp3) is 0.346. The van der Waals surface area contributed by atoms with Gasteiger partial charge in [-0.05, 0) is 54.6 Å². The van der Waals surface area contributed by atoms with Gasteiger partial charge in [0.05, 0.1) is 0 Å². The van der Waals surface area contributed by atoms with E-state index in [0.717, 1.165) is 48.3 Å². The first-order valence-electron chi connectivity index (χ1n) is 11.8. The van der Waals surface area contributed by atoms with Gasteiger partial charge in [-0.25, -0.2) is 0 Å². The molecule has 2 aliphatic rings. The molecule has 10 heteroatoms. The number of carbonyl (C=O) groups excluding carboxylic acids is 2. The summed E-state index contributed by atoms with van der Waals surface area (Å²) >= 11 is 13.4. The van der Waals surface area contributed by atoms with E-state index in [1.54, 1.807) is 6.07 Å². The largest absolute Gasteiger partial charge is 0.454 e. The average molecular weight is 546 g/mol. The Morgan fingerprint density at radius 1 is 1.11 bits per heavy atom. The minimum absolute atomic E-state index is 0.0261. The summed E-state index contributed by atoms with van der Waals surface area (Å²) in [5.41, 5.74) is 2.55. The van der Waals surface area contributed by atoms with Crippen LogP contribution in [0.2, 0.25) is 9.36 Å². The Labute approximate surface area is 223 Å². The lowest BCUT2D eigenvalue weighted by atomic mass is 10.0. The lowest BCUT2D eigenvalue weighted by Crippen LogP contribution is -2.46. The number of aromatic nitrogens is 1. The average Bonchev–Trinajstić information content (AvgIpc) is 3.62. The molecule has 1 aliphatic carbocycles. The highest BCUT2D eigenvalue weighted by Gasteiger charge is 2.36. The van der Waals surface area contributed by atoms with Crippen molar-refractivity contribution >= 4 is 46.5 Å². The summed E-state index contributed by atoms with van der Waals surface area (Å²) in [4.78, 5) is 29.2. The van der Waals surface area contributed by atoms with E-state index in [1.807, 2.05) is 43.3 Å². The van der Waals surface area contributed by atoms with Crippen molar-refractivity contribution in [2.45, 2.75) is 51.2 Å². The van der Waals surface area contributed by atoms with Gasteiger partial charge in [0.25, 0.3) is 5.91 Å². The number of halogens is 2. The molecular formula is C26H25Cl2N3O4S. The molecule has 1 fully saturated rings. The summed E-state index contributed by atoms with van der Waals surface area (Å²) in [6.07, 6.45) is 4.01. The van der Waals surface area contributed by atoms with Crippen LogP contribution >= 0.6 is 34.7 Å². The molecule has 2 aromatic carbocycles. The molecule has 0 saturated heterocycles.